The lowest BCUT2D eigenvalue weighted by Crippen LogP contribution is -2.45. The van der Waals surface area contributed by atoms with Crippen molar-refractivity contribution in [3.63, 3.8) is 0 Å². The van der Waals surface area contributed by atoms with Crippen LogP contribution in [0.25, 0.3) is 10.9 Å². The van der Waals surface area contributed by atoms with Gasteiger partial charge >= 0.3 is 0 Å². The first-order valence-corrected chi connectivity index (χ1v) is 8.29. The number of benzene rings is 1. The standard InChI is InChI=1S/C18H19BrN2/c1-3-7-21-10-11(2)8-13-12-5-4-6-15-17(12)14(9-16(13)21)18(19)20-15/h3-6,8,13,16,20H,1,7,9-10H2,2H3/t13-,16-/m1/s1. The van der Waals surface area contributed by atoms with E-state index >= 15 is 0 Å². The second kappa shape index (κ2) is 4.85. The maximum atomic E-state index is 3.93. The molecule has 2 aromatic rings. The summed E-state index contributed by atoms with van der Waals surface area (Å²) in [5.41, 5.74) is 5.62. The van der Waals surface area contributed by atoms with Crippen LogP contribution >= 0.6 is 15.9 Å². The molecular weight excluding hydrogens is 324 g/mol. The molecule has 2 heterocycles. The van der Waals surface area contributed by atoms with Gasteiger partial charge in [0.15, 0.2) is 0 Å². The van der Waals surface area contributed by atoms with Crippen molar-refractivity contribution in [3.05, 3.63) is 58.2 Å². The summed E-state index contributed by atoms with van der Waals surface area (Å²) in [6.07, 6.45) is 5.60. The number of rotatable bonds is 2. The molecule has 1 aromatic heterocycles. The zero-order valence-corrected chi connectivity index (χ0v) is 13.8. The molecule has 2 aliphatic rings. The molecule has 1 aliphatic heterocycles. The van der Waals surface area contributed by atoms with Crippen LogP contribution in [0, 0.1) is 0 Å². The van der Waals surface area contributed by atoms with E-state index in [1.165, 1.54) is 27.6 Å². The van der Waals surface area contributed by atoms with E-state index in [1.807, 2.05) is 6.08 Å². The number of fused-ring (bicyclic) bond motifs is 2. The normalized spacial score (nSPS) is 24.8. The highest BCUT2D eigenvalue weighted by atomic mass is 79.9. The molecule has 3 heteroatoms. The van der Waals surface area contributed by atoms with Gasteiger partial charge in [0.05, 0.1) is 4.60 Å². The number of aromatic amines is 1. The summed E-state index contributed by atoms with van der Waals surface area (Å²) < 4.78 is 1.15. The van der Waals surface area contributed by atoms with E-state index in [9.17, 15) is 0 Å². The van der Waals surface area contributed by atoms with E-state index < -0.39 is 0 Å². The third kappa shape index (κ3) is 1.95. The number of halogens is 1. The van der Waals surface area contributed by atoms with Gasteiger partial charge in [-0.05, 0) is 46.5 Å². The van der Waals surface area contributed by atoms with Gasteiger partial charge in [0.2, 0.25) is 0 Å². The van der Waals surface area contributed by atoms with Crippen molar-refractivity contribution in [3.8, 4) is 0 Å². The maximum Gasteiger partial charge on any atom is 0.0864 e. The molecule has 0 fully saturated rings. The lowest BCUT2D eigenvalue weighted by molar-refractivity contribution is 0.201. The SMILES string of the molecule is C=CCN1CC(C)=C[C@@H]2c3cccc4[nH]c(Br)c(c34)C[C@H]21. The third-order valence-corrected chi connectivity index (χ3v) is 5.52. The number of H-pyrrole nitrogens is 1. The van der Waals surface area contributed by atoms with E-state index in [0.29, 0.717) is 12.0 Å². The van der Waals surface area contributed by atoms with Crippen LogP contribution in [0.2, 0.25) is 0 Å². The second-order valence-corrected chi connectivity index (χ2v) is 7.01. The van der Waals surface area contributed by atoms with Crippen LogP contribution in [0.4, 0.5) is 0 Å². The Labute approximate surface area is 133 Å². The van der Waals surface area contributed by atoms with Crippen LogP contribution in [0.1, 0.15) is 24.0 Å². The van der Waals surface area contributed by atoms with Crippen molar-refractivity contribution in [2.75, 3.05) is 13.1 Å². The van der Waals surface area contributed by atoms with E-state index in [4.69, 9.17) is 0 Å². The monoisotopic (exact) mass is 342 g/mol. The molecule has 1 aliphatic carbocycles. The van der Waals surface area contributed by atoms with Gasteiger partial charge in [0.25, 0.3) is 0 Å². The van der Waals surface area contributed by atoms with Gasteiger partial charge in [-0.15, -0.1) is 6.58 Å². The number of aromatic nitrogens is 1. The Balaban J connectivity index is 1.93. The Hall–Kier alpha value is -1.32. The van der Waals surface area contributed by atoms with Crippen molar-refractivity contribution in [1.29, 1.82) is 0 Å². The molecule has 0 saturated heterocycles. The number of nitrogens with zero attached hydrogens (tertiary/aromatic N) is 1. The van der Waals surface area contributed by atoms with Gasteiger partial charge in [-0.2, -0.15) is 0 Å². The minimum absolute atomic E-state index is 0.498. The summed E-state index contributed by atoms with van der Waals surface area (Å²) in [5, 5.41) is 1.43. The Kier molecular flexibility index (Phi) is 3.09. The lowest BCUT2D eigenvalue weighted by Gasteiger charge is -2.42. The zero-order valence-electron chi connectivity index (χ0n) is 12.2. The Morgan fingerprint density at radius 1 is 1.48 bits per heavy atom. The van der Waals surface area contributed by atoms with Crippen LogP contribution in [0.3, 0.4) is 0 Å². The molecule has 108 valence electrons. The fraction of sp³-hybridized carbons (Fsp3) is 0.333. The molecule has 0 unspecified atom stereocenters. The first-order chi connectivity index (χ1) is 10.2. The van der Waals surface area contributed by atoms with Gasteiger partial charge in [-0.3, -0.25) is 4.90 Å². The predicted octanol–water partition coefficient (Wildman–Crippen LogP) is 4.39. The fourth-order valence-corrected chi connectivity index (χ4v) is 4.62. The highest BCUT2D eigenvalue weighted by Crippen LogP contribution is 2.44. The minimum atomic E-state index is 0.498. The van der Waals surface area contributed by atoms with Gasteiger partial charge in [-0.1, -0.05) is 29.9 Å². The summed E-state index contributed by atoms with van der Waals surface area (Å²) in [5.74, 6) is 0.498. The fourth-order valence-electron chi connectivity index (χ4n) is 4.05. The third-order valence-electron chi connectivity index (χ3n) is 4.84. The van der Waals surface area contributed by atoms with E-state index in [2.05, 4.69) is 63.6 Å². The van der Waals surface area contributed by atoms with E-state index in [0.717, 1.165) is 24.1 Å². The van der Waals surface area contributed by atoms with Crippen LogP contribution in [-0.2, 0) is 6.42 Å². The molecule has 1 N–H and O–H groups in total. The van der Waals surface area contributed by atoms with Crippen molar-refractivity contribution in [1.82, 2.24) is 9.88 Å². The number of hydrogen-bond acceptors (Lipinski definition) is 1. The molecule has 0 bridgehead atoms. The summed E-state index contributed by atoms with van der Waals surface area (Å²) >= 11 is 3.72. The molecule has 0 radical (unpaired) electrons. The van der Waals surface area contributed by atoms with E-state index in [1.54, 1.807) is 0 Å². The topological polar surface area (TPSA) is 19.0 Å². The van der Waals surface area contributed by atoms with Crippen molar-refractivity contribution in [2.24, 2.45) is 0 Å². The highest BCUT2D eigenvalue weighted by molar-refractivity contribution is 9.10. The lowest BCUT2D eigenvalue weighted by atomic mass is 9.76. The summed E-state index contributed by atoms with van der Waals surface area (Å²) in [4.78, 5) is 6.05. The zero-order chi connectivity index (χ0) is 14.6. The van der Waals surface area contributed by atoms with Crippen LogP contribution < -0.4 is 0 Å². The van der Waals surface area contributed by atoms with Crippen molar-refractivity contribution >= 4 is 26.8 Å². The Bertz CT molecular complexity index is 756. The van der Waals surface area contributed by atoms with Gasteiger partial charge in [0, 0.05) is 36.0 Å². The van der Waals surface area contributed by atoms with Crippen LogP contribution in [-0.4, -0.2) is 29.0 Å². The molecule has 0 saturated carbocycles. The molecule has 1 aromatic carbocycles. The summed E-state index contributed by atoms with van der Waals surface area (Å²) in [6, 6.07) is 7.18. The Morgan fingerprint density at radius 2 is 2.33 bits per heavy atom. The van der Waals surface area contributed by atoms with Gasteiger partial charge in [-0.25, -0.2) is 0 Å². The molecule has 4 rings (SSSR count). The molecule has 2 atom stereocenters. The van der Waals surface area contributed by atoms with Gasteiger partial charge < -0.3 is 4.98 Å². The molecular formula is C18H19BrN2. The van der Waals surface area contributed by atoms with Crippen molar-refractivity contribution < 1.29 is 0 Å². The molecule has 0 spiro atoms. The second-order valence-electron chi connectivity index (χ2n) is 6.22. The first-order valence-electron chi connectivity index (χ1n) is 7.50. The molecule has 21 heavy (non-hydrogen) atoms. The quantitative estimate of drug-likeness (QED) is 0.802. The van der Waals surface area contributed by atoms with Crippen molar-refractivity contribution in [2.45, 2.75) is 25.3 Å². The first kappa shape index (κ1) is 13.4. The van der Waals surface area contributed by atoms with Crippen LogP contribution in [0.5, 0.6) is 0 Å². The average Bonchev–Trinajstić information content (AvgIpc) is 2.78. The minimum Gasteiger partial charge on any atom is -0.349 e. The summed E-state index contributed by atoms with van der Waals surface area (Å²) in [6.45, 7) is 8.19. The number of nitrogens with one attached hydrogen (secondary N) is 1. The number of hydrogen-bond donors (Lipinski definition) is 1. The van der Waals surface area contributed by atoms with Crippen LogP contribution in [0.15, 0.2) is 47.1 Å². The maximum absolute atomic E-state index is 3.93. The molecule has 2 nitrogen and oxygen atoms in total. The van der Waals surface area contributed by atoms with E-state index in [-0.39, 0.29) is 0 Å². The predicted molar refractivity (Wildman–Crippen MR) is 91.8 cm³/mol. The largest absolute Gasteiger partial charge is 0.349 e. The average molecular weight is 343 g/mol. The summed E-state index contributed by atoms with van der Waals surface area (Å²) in [7, 11) is 0. The highest BCUT2D eigenvalue weighted by Gasteiger charge is 2.36. The molecule has 0 amide bonds. The smallest absolute Gasteiger partial charge is 0.0864 e. The van der Waals surface area contributed by atoms with Gasteiger partial charge in [0.1, 0.15) is 0 Å². The Morgan fingerprint density at radius 3 is 3.14 bits per heavy atom.